The lowest BCUT2D eigenvalue weighted by Gasteiger charge is -2.44. The zero-order chi connectivity index (χ0) is 16.2. The van der Waals surface area contributed by atoms with Crippen molar-refractivity contribution in [3.63, 3.8) is 0 Å². The summed E-state index contributed by atoms with van der Waals surface area (Å²) in [6, 6.07) is 6.27. The van der Waals surface area contributed by atoms with Crippen molar-refractivity contribution < 1.29 is 21.7 Å². The number of halogens is 1. The van der Waals surface area contributed by atoms with Gasteiger partial charge < -0.3 is 22.2 Å². The largest absolute Gasteiger partial charge is 1.00 e. The number of rotatable bonds is 5. The molecule has 1 saturated heterocycles. The number of amides is 1. The van der Waals surface area contributed by atoms with E-state index in [9.17, 15) is 4.79 Å². The quantitative estimate of drug-likeness (QED) is 0.799. The maximum Gasteiger partial charge on any atom is 0.282 e. The predicted octanol–water partition coefficient (Wildman–Crippen LogP) is 1.05. The zero-order valence-corrected chi connectivity index (χ0v) is 15.7. The van der Waals surface area contributed by atoms with E-state index in [4.69, 9.17) is 0 Å². The minimum absolute atomic E-state index is 0. The third-order valence-corrected chi connectivity index (χ3v) is 5.20. The Morgan fingerprint density at radius 3 is 2.52 bits per heavy atom. The Morgan fingerprint density at radius 1 is 1.26 bits per heavy atom. The first kappa shape index (κ1) is 20.0. The van der Waals surface area contributed by atoms with Crippen LogP contribution in [-0.2, 0) is 4.79 Å². The third-order valence-electron chi connectivity index (χ3n) is 5.20. The number of piperidine rings is 1. The van der Waals surface area contributed by atoms with Crippen LogP contribution >= 0.6 is 0 Å². The summed E-state index contributed by atoms with van der Waals surface area (Å²) in [7, 11) is 2.27. The topological polar surface area (TPSA) is 29.1 Å². The Morgan fingerprint density at radius 2 is 1.91 bits per heavy atom. The number of para-hydroxylation sites is 1. The van der Waals surface area contributed by atoms with Gasteiger partial charge in [-0.1, -0.05) is 31.5 Å². The highest BCUT2D eigenvalue weighted by Crippen LogP contribution is 2.27. The number of hydrogen-bond acceptors (Lipinski definition) is 1. The lowest BCUT2D eigenvalue weighted by atomic mass is 9.97. The van der Waals surface area contributed by atoms with Gasteiger partial charge in [-0.25, -0.2) is 0 Å². The molecule has 2 atom stereocenters. The van der Waals surface area contributed by atoms with Crippen molar-refractivity contribution in [2.75, 3.05) is 25.5 Å². The SMILES string of the molecule is CCCC[N+]1(C)CCCCC1C(=O)Nc1c(C)cccc1C.[Cl-]. The number of quaternary nitrogens is 1. The monoisotopic (exact) mass is 338 g/mol. The van der Waals surface area contributed by atoms with Crippen LogP contribution in [0.15, 0.2) is 18.2 Å². The summed E-state index contributed by atoms with van der Waals surface area (Å²) in [5.41, 5.74) is 3.29. The van der Waals surface area contributed by atoms with Gasteiger partial charge in [0, 0.05) is 12.1 Å². The van der Waals surface area contributed by atoms with Crippen molar-refractivity contribution in [1.29, 1.82) is 0 Å². The van der Waals surface area contributed by atoms with Crippen LogP contribution in [0.25, 0.3) is 0 Å². The number of carbonyl (C=O) groups excluding carboxylic acids is 1. The summed E-state index contributed by atoms with van der Waals surface area (Å²) >= 11 is 0. The minimum atomic E-state index is 0. The summed E-state index contributed by atoms with van der Waals surface area (Å²) in [6.07, 6.45) is 5.82. The lowest BCUT2D eigenvalue weighted by molar-refractivity contribution is -0.929. The summed E-state index contributed by atoms with van der Waals surface area (Å²) < 4.78 is 0.907. The van der Waals surface area contributed by atoms with Gasteiger partial charge in [0.15, 0.2) is 6.04 Å². The van der Waals surface area contributed by atoms with E-state index >= 15 is 0 Å². The molecular weight excluding hydrogens is 308 g/mol. The molecule has 0 spiro atoms. The number of nitrogens with zero attached hydrogens (tertiary/aromatic N) is 1. The van der Waals surface area contributed by atoms with Gasteiger partial charge in [0.1, 0.15) is 0 Å². The molecule has 4 heteroatoms. The van der Waals surface area contributed by atoms with Crippen LogP contribution in [0.5, 0.6) is 0 Å². The van der Waals surface area contributed by atoms with Gasteiger partial charge in [-0.05, 0) is 44.2 Å². The number of nitrogens with one attached hydrogen (secondary N) is 1. The molecule has 0 aliphatic carbocycles. The highest BCUT2D eigenvalue weighted by Gasteiger charge is 2.40. The number of aryl methyl sites for hydroxylation is 2. The van der Waals surface area contributed by atoms with Gasteiger partial charge in [0.25, 0.3) is 5.91 Å². The van der Waals surface area contributed by atoms with Gasteiger partial charge in [-0.15, -0.1) is 0 Å². The molecule has 0 bridgehead atoms. The van der Waals surface area contributed by atoms with Crippen LogP contribution in [0.2, 0.25) is 0 Å². The van der Waals surface area contributed by atoms with Crippen LogP contribution in [0.4, 0.5) is 5.69 Å². The van der Waals surface area contributed by atoms with E-state index in [0.29, 0.717) is 0 Å². The van der Waals surface area contributed by atoms with Crippen molar-refractivity contribution in [1.82, 2.24) is 0 Å². The fourth-order valence-electron chi connectivity index (χ4n) is 3.70. The lowest BCUT2D eigenvalue weighted by Crippen LogP contribution is -3.00. The van der Waals surface area contributed by atoms with Crippen LogP contribution in [0.1, 0.15) is 50.2 Å². The molecule has 3 nitrogen and oxygen atoms in total. The zero-order valence-electron chi connectivity index (χ0n) is 15.0. The minimum Gasteiger partial charge on any atom is -1.00 e. The Labute approximate surface area is 147 Å². The average molecular weight is 339 g/mol. The molecule has 0 saturated carbocycles. The number of anilines is 1. The molecule has 1 fully saturated rings. The van der Waals surface area contributed by atoms with E-state index in [2.05, 4.69) is 45.3 Å². The second-order valence-electron chi connectivity index (χ2n) is 7.05. The summed E-state index contributed by atoms with van der Waals surface area (Å²) in [4.78, 5) is 12.9. The van der Waals surface area contributed by atoms with Gasteiger partial charge in [-0.3, -0.25) is 4.79 Å². The number of benzene rings is 1. The molecule has 1 aromatic carbocycles. The number of hydrogen-bond donors (Lipinski definition) is 1. The molecular formula is C19H31ClN2O. The first-order chi connectivity index (χ1) is 10.5. The molecule has 1 aliphatic rings. The smallest absolute Gasteiger partial charge is 0.282 e. The van der Waals surface area contributed by atoms with Crippen LogP contribution in [-0.4, -0.2) is 36.6 Å². The van der Waals surface area contributed by atoms with Crippen molar-refractivity contribution in [2.45, 2.75) is 58.9 Å². The normalized spacial score (nSPS) is 23.9. The van der Waals surface area contributed by atoms with Gasteiger partial charge in [0.2, 0.25) is 0 Å². The van der Waals surface area contributed by atoms with E-state index in [1.54, 1.807) is 0 Å². The van der Waals surface area contributed by atoms with Crippen molar-refractivity contribution in [2.24, 2.45) is 0 Å². The standard InChI is InChI=1S/C19H30N2O.ClH/c1-5-6-13-21(4)14-8-7-12-17(21)19(22)20-18-15(2)10-9-11-16(18)3;/h9-11,17H,5-8,12-14H2,1-4H3;1H. The van der Waals surface area contributed by atoms with E-state index in [0.717, 1.165) is 40.8 Å². The molecule has 2 unspecified atom stereocenters. The van der Waals surface area contributed by atoms with E-state index < -0.39 is 0 Å². The molecule has 0 aromatic heterocycles. The fraction of sp³-hybridized carbons (Fsp3) is 0.632. The Bertz CT molecular complexity index is 512. The Kier molecular flexibility index (Phi) is 7.56. The molecule has 1 amide bonds. The first-order valence-corrected chi connectivity index (χ1v) is 8.69. The average Bonchev–Trinajstić information content (AvgIpc) is 2.49. The molecule has 2 rings (SSSR count). The maximum atomic E-state index is 12.9. The van der Waals surface area contributed by atoms with Crippen molar-refractivity contribution in [3.8, 4) is 0 Å². The first-order valence-electron chi connectivity index (χ1n) is 8.69. The molecule has 1 aliphatic heterocycles. The third kappa shape index (κ3) is 4.71. The molecule has 1 heterocycles. The number of likely N-dealkylation sites (N-methyl/N-ethyl adjacent to an activating group) is 1. The van der Waals surface area contributed by atoms with Crippen molar-refractivity contribution >= 4 is 11.6 Å². The molecule has 0 radical (unpaired) electrons. The van der Waals surface area contributed by atoms with Gasteiger partial charge in [0.05, 0.1) is 20.1 Å². The van der Waals surface area contributed by atoms with E-state index in [1.165, 1.54) is 25.7 Å². The van der Waals surface area contributed by atoms with E-state index in [-0.39, 0.29) is 24.4 Å². The second kappa shape index (κ2) is 8.70. The van der Waals surface area contributed by atoms with Crippen LogP contribution in [0, 0.1) is 13.8 Å². The highest BCUT2D eigenvalue weighted by molar-refractivity contribution is 5.95. The number of carbonyl (C=O) groups is 1. The summed E-state index contributed by atoms with van der Waals surface area (Å²) in [5, 5.41) is 3.23. The number of unbranched alkanes of at least 4 members (excludes halogenated alkanes) is 1. The van der Waals surface area contributed by atoms with Gasteiger partial charge in [-0.2, -0.15) is 0 Å². The molecule has 1 aromatic rings. The van der Waals surface area contributed by atoms with Crippen molar-refractivity contribution in [3.05, 3.63) is 29.3 Å². The number of likely N-dealkylation sites (tertiary alicyclic amines) is 1. The molecule has 130 valence electrons. The predicted molar refractivity (Wildman–Crippen MR) is 93.0 cm³/mol. The fourth-order valence-corrected chi connectivity index (χ4v) is 3.70. The summed E-state index contributed by atoms with van der Waals surface area (Å²) in [6.45, 7) is 8.59. The second-order valence-corrected chi connectivity index (χ2v) is 7.05. The van der Waals surface area contributed by atoms with Crippen LogP contribution < -0.4 is 17.7 Å². The van der Waals surface area contributed by atoms with Crippen LogP contribution in [0.3, 0.4) is 0 Å². The highest BCUT2D eigenvalue weighted by atomic mass is 35.5. The Balaban J connectivity index is 0.00000264. The Hall–Kier alpha value is -1.06. The van der Waals surface area contributed by atoms with Gasteiger partial charge >= 0.3 is 0 Å². The maximum absolute atomic E-state index is 12.9. The summed E-state index contributed by atoms with van der Waals surface area (Å²) in [5.74, 6) is 0.204. The van der Waals surface area contributed by atoms with E-state index in [1.807, 2.05) is 6.07 Å². The molecule has 1 N–H and O–H groups in total. The molecule has 23 heavy (non-hydrogen) atoms.